The molecule has 0 unspecified atom stereocenters. The van der Waals surface area contributed by atoms with Gasteiger partial charge >= 0.3 is 12.1 Å². The summed E-state index contributed by atoms with van der Waals surface area (Å²) < 4.78 is 5.47. The largest absolute Gasteiger partial charge is 0.480 e. The van der Waals surface area contributed by atoms with Gasteiger partial charge in [0.25, 0.3) is 0 Å². The molecule has 0 spiro atoms. The Labute approximate surface area is 212 Å². The molecule has 0 fully saturated rings. The van der Waals surface area contributed by atoms with Crippen molar-refractivity contribution in [2.45, 2.75) is 19.8 Å². The van der Waals surface area contributed by atoms with Crippen LogP contribution in [0.1, 0.15) is 33.6 Å². The number of anilines is 1. The lowest BCUT2D eigenvalue weighted by Gasteiger charge is -2.19. The number of fused-ring (bicyclic) bond motifs is 1. The molecular weight excluding hydrogens is 474 g/mol. The van der Waals surface area contributed by atoms with Gasteiger partial charge in [-0.3, -0.25) is 15.0 Å². The molecule has 1 amide bonds. The van der Waals surface area contributed by atoms with Gasteiger partial charge in [0.05, 0.1) is 0 Å². The molecule has 0 aliphatic carbocycles. The molecule has 5 N–H and O–H groups in total. The summed E-state index contributed by atoms with van der Waals surface area (Å²) in [5.41, 5.74) is 8.95. The number of aryl methyl sites for hydroxylation is 2. The minimum atomic E-state index is -1.22. The number of amidine groups is 1. The van der Waals surface area contributed by atoms with Crippen LogP contribution in [0.25, 0.3) is 10.9 Å². The third kappa shape index (κ3) is 5.81. The maximum Gasteiger partial charge on any atom is 0.421 e. The summed E-state index contributed by atoms with van der Waals surface area (Å²) in [6.07, 6.45) is 1.30. The zero-order chi connectivity index (χ0) is 26.5. The van der Waals surface area contributed by atoms with Crippen LogP contribution in [0.3, 0.4) is 0 Å². The Bertz CT molecular complexity index is 1480. The minimum Gasteiger partial charge on any atom is -0.480 e. The molecule has 2 aromatic heterocycles. The average molecular weight is 500 g/mol. The summed E-state index contributed by atoms with van der Waals surface area (Å²) in [7, 11) is 0. The monoisotopic (exact) mass is 499 g/mol. The summed E-state index contributed by atoms with van der Waals surface area (Å²) >= 11 is 0. The molecule has 4 rings (SSSR count). The zero-order valence-corrected chi connectivity index (χ0v) is 20.0. The molecule has 2 heterocycles. The number of aliphatic carboxylic acids is 1. The van der Waals surface area contributed by atoms with E-state index in [1.54, 1.807) is 49.4 Å². The van der Waals surface area contributed by atoms with Crippen LogP contribution in [0.5, 0.6) is 5.75 Å². The molecule has 0 atom stereocenters. The molecule has 37 heavy (non-hydrogen) atoms. The van der Waals surface area contributed by atoms with Gasteiger partial charge in [0.15, 0.2) is 5.78 Å². The molecule has 2 aromatic carbocycles. The smallest absolute Gasteiger partial charge is 0.421 e. The molecule has 0 radical (unpaired) electrons. The van der Waals surface area contributed by atoms with Gasteiger partial charge in [0.1, 0.15) is 23.9 Å². The molecule has 10 heteroatoms. The van der Waals surface area contributed by atoms with E-state index in [1.165, 1.54) is 12.3 Å². The third-order valence-electron chi connectivity index (χ3n) is 5.79. The fourth-order valence-corrected chi connectivity index (χ4v) is 4.01. The Morgan fingerprint density at radius 1 is 1.11 bits per heavy atom. The first-order valence-corrected chi connectivity index (χ1v) is 11.4. The number of nitrogens with two attached hydrogens (primary N) is 1. The van der Waals surface area contributed by atoms with E-state index >= 15 is 0 Å². The number of carboxylic acid groups (broad SMARTS) is 1. The van der Waals surface area contributed by atoms with Crippen molar-refractivity contribution >= 4 is 40.4 Å². The normalized spacial score (nSPS) is 10.7. The number of aromatic nitrogens is 2. The second-order valence-corrected chi connectivity index (χ2v) is 8.40. The van der Waals surface area contributed by atoms with E-state index < -0.39 is 18.6 Å². The second kappa shape index (κ2) is 10.7. The highest BCUT2D eigenvalue weighted by molar-refractivity contribution is 6.09. The number of nitrogen functional groups attached to an aromatic ring is 1. The number of nitrogens with one attached hydrogen (secondary N) is 2. The summed E-state index contributed by atoms with van der Waals surface area (Å²) in [5, 5.41) is 17.3. The predicted octanol–water partition coefficient (Wildman–Crippen LogP) is 4.06. The molecule has 0 saturated carbocycles. The fraction of sp³-hybridized carbons (Fsp3) is 0.148. The second-order valence-electron chi connectivity index (χ2n) is 8.40. The van der Waals surface area contributed by atoms with Crippen LogP contribution in [-0.2, 0) is 11.2 Å². The predicted molar refractivity (Wildman–Crippen MR) is 138 cm³/mol. The maximum atomic E-state index is 13.2. The van der Waals surface area contributed by atoms with Gasteiger partial charge in [-0.25, -0.2) is 14.7 Å². The molecule has 4 aromatic rings. The number of carbonyl (C=O) groups excluding carboxylic acids is 2. The average Bonchev–Trinajstić information content (AvgIpc) is 3.21. The van der Waals surface area contributed by atoms with E-state index in [0.29, 0.717) is 34.1 Å². The number of aromatic amines is 1. The number of H-pyrrole nitrogens is 1. The van der Waals surface area contributed by atoms with Gasteiger partial charge < -0.3 is 20.6 Å². The Hall–Kier alpha value is -4.99. The van der Waals surface area contributed by atoms with Crippen molar-refractivity contribution in [3.63, 3.8) is 0 Å². The topological polar surface area (TPSA) is 162 Å². The van der Waals surface area contributed by atoms with E-state index in [9.17, 15) is 19.5 Å². The van der Waals surface area contributed by atoms with E-state index in [4.69, 9.17) is 15.9 Å². The fourth-order valence-electron chi connectivity index (χ4n) is 4.01. The Balaban J connectivity index is 1.54. The van der Waals surface area contributed by atoms with Gasteiger partial charge in [0, 0.05) is 40.3 Å². The molecule has 188 valence electrons. The van der Waals surface area contributed by atoms with Crippen LogP contribution in [0.15, 0.2) is 66.9 Å². The lowest BCUT2D eigenvalue weighted by atomic mass is 9.99. The number of Topliss-reactive ketones (excluding diaryl/α,β-unsaturated/α-hetero) is 1. The van der Waals surface area contributed by atoms with Crippen LogP contribution < -0.4 is 15.4 Å². The number of ketones is 1. The molecule has 0 saturated heterocycles. The Kier molecular flexibility index (Phi) is 7.28. The highest BCUT2D eigenvalue weighted by Gasteiger charge is 2.23. The lowest BCUT2D eigenvalue weighted by molar-refractivity contribution is -0.135. The van der Waals surface area contributed by atoms with E-state index in [1.807, 2.05) is 12.1 Å². The van der Waals surface area contributed by atoms with Gasteiger partial charge in [-0.15, -0.1) is 0 Å². The molecular formula is C27H25N5O5. The highest BCUT2D eigenvalue weighted by Crippen LogP contribution is 2.28. The van der Waals surface area contributed by atoms with Crippen LogP contribution in [-0.4, -0.2) is 45.3 Å². The highest BCUT2D eigenvalue weighted by atomic mass is 16.6. The number of hydrogen-bond acceptors (Lipinski definition) is 6. The first-order valence-electron chi connectivity index (χ1n) is 11.4. The van der Waals surface area contributed by atoms with Crippen molar-refractivity contribution in [2.24, 2.45) is 5.73 Å². The maximum absolute atomic E-state index is 13.2. The standard InChI is InChI=1S/C27H25N5O5/c1-16-25(22(33)12-7-17-5-8-18(9-6-17)26(28)29)20-14-19(10-11-21(20)31-16)37-27(36)32(15-24(34)35)23-4-2-3-13-30-23/h2-6,8-11,13-14,31H,7,12,15H2,1H3,(H3,28,29)(H,34,35). The summed E-state index contributed by atoms with van der Waals surface area (Å²) in [4.78, 5) is 45.5. The molecule has 10 nitrogen and oxygen atoms in total. The van der Waals surface area contributed by atoms with Crippen molar-refractivity contribution in [1.82, 2.24) is 9.97 Å². The summed E-state index contributed by atoms with van der Waals surface area (Å²) in [6, 6.07) is 16.8. The number of ether oxygens (including phenoxy) is 1. The molecule has 0 bridgehead atoms. The Morgan fingerprint density at radius 3 is 2.51 bits per heavy atom. The number of carbonyl (C=O) groups is 3. The van der Waals surface area contributed by atoms with Crippen molar-refractivity contribution in [3.8, 4) is 5.75 Å². The van der Waals surface area contributed by atoms with E-state index in [2.05, 4.69) is 9.97 Å². The third-order valence-corrected chi connectivity index (χ3v) is 5.79. The van der Waals surface area contributed by atoms with Crippen molar-refractivity contribution < 1.29 is 24.2 Å². The lowest BCUT2D eigenvalue weighted by Crippen LogP contribution is -2.38. The van der Waals surface area contributed by atoms with Gasteiger partial charge in [-0.05, 0) is 49.2 Å². The number of hydrogen-bond donors (Lipinski definition) is 4. The number of nitrogens with zero attached hydrogens (tertiary/aromatic N) is 2. The first kappa shape index (κ1) is 25.1. The summed E-state index contributed by atoms with van der Waals surface area (Å²) in [6.45, 7) is 1.18. The van der Waals surface area contributed by atoms with E-state index in [-0.39, 0.29) is 29.6 Å². The van der Waals surface area contributed by atoms with Crippen LogP contribution in [0.2, 0.25) is 0 Å². The first-order chi connectivity index (χ1) is 17.7. The van der Waals surface area contributed by atoms with Gasteiger partial charge in [-0.1, -0.05) is 30.3 Å². The van der Waals surface area contributed by atoms with Crippen LogP contribution in [0.4, 0.5) is 10.6 Å². The number of pyridine rings is 1. The molecule has 0 aliphatic heterocycles. The minimum absolute atomic E-state index is 0.0142. The van der Waals surface area contributed by atoms with Crippen molar-refractivity contribution in [3.05, 3.63) is 89.2 Å². The SMILES string of the molecule is Cc1[nH]c2ccc(OC(=O)N(CC(=O)O)c3ccccn3)cc2c1C(=O)CCc1ccc(C(=N)N)cc1. The quantitative estimate of drug-likeness (QED) is 0.153. The van der Waals surface area contributed by atoms with Crippen molar-refractivity contribution in [1.29, 1.82) is 5.41 Å². The van der Waals surface area contributed by atoms with Gasteiger partial charge in [0.2, 0.25) is 0 Å². The molecule has 0 aliphatic rings. The van der Waals surface area contributed by atoms with Crippen molar-refractivity contribution in [2.75, 3.05) is 11.4 Å². The number of carboxylic acids is 1. The van der Waals surface area contributed by atoms with E-state index in [0.717, 1.165) is 10.5 Å². The van der Waals surface area contributed by atoms with Crippen LogP contribution in [0, 0.1) is 12.3 Å². The summed E-state index contributed by atoms with van der Waals surface area (Å²) in [5.74, 6) is -1.01. The zero-order valence-electron chi connectivity index (χ0n) is 20.0. The number of amides is 1. The van der Waals surface area contributed by atoms with Gasteiger partial charge in [-0.2, -0.15) is 0 Å². The number of benzene rings is 2. The number of rotatable bonds is 9. The Morgan fingerprint density at radius 2 is 1.86 bits per heavy atom. The van der Waals surface area contributed by atoms with Crippen LogP contribution >= 0.6 is 0 Å².